The molecule has 0 radical (unpaired) electrons. The van der Waals surface area contributed by atoms with Crippen molar-refractivity contribution in [3.8, 4) is 17.1 Å². The first-order valence-corrected chi connectivity index (χ1v) is 12.2. The van der Waals surface area contributed by atoms with Gasteiger partial charge in [-0.1, -0.05) is 12.1 Å². The van der Waals surface area contributed by atoms with Crippen LogP contribution in [0.25, 0.3) is 11.1 Å². The molecule has 0 atom stereocenters. The molecule has 0 bridgehead atoms. The molecule has 0 aliphatic carbocycles. The smallest absolute Gasteiger partial charge is 0.410 e. The highest BCUT2D eigenvalue weighted by Crippen LogP contribution is 2.22. The lowest BCUT2D eigenvalue weighted by molar-refractivity contribution is 0.0163. The lowest BCUT2D eigenvalue weighted by atomic mass is 9.98. The average molecular weight is 483 g/mol. The predicted molar refractivity (Wildman–Crippen MR) is 130 cm³/mol. The molecule has 0 unspecified atom stereocenters. The molecule has 4 rings (SSSR count). The number of carbonyl (C=O) groups excluding carboxylic acids is 2. The first kappa shape index (κ1) is 24.9. The second-order valence-corrected chi connectivity index (χ2v) is 9.96. The van der Waals surface area contributed by atoms with Crippen molar-refractivity contribution in [2.24, 2.45) is 5.92 Å². The summed E-state index contributed by atoms with van der Waals surface area (Å²) in [6.45, 7) is 9.87. The van der Waals surface area contributed by atoms with Crippen LogP contribution in [0.5, 0.6) is 6.01 Å². The van der Waals surface area contributed by atoms with Gasteiger partial charge < -0.3 is 24.0 Å². The molecule has 35 heavy (non-hydrogen) atoms. The van der Waals surface area contributed by atoms with Gasteiger partial charge in [-0.15, -0.1) is 0 Å². The number of ether oxygens (including phenoxy) is 3. The molecular formula is C26H34N4O5. The summed E-state index contributed by atoms with van der Waals surface area (Å²) in [6, 6.07) is 7.82. The molecule has 0 saturated carbocycles. The van der Waals surface area contributed by atoms with Crippen molar-refractivity contribution in [1.82, 2.24) is 19.8 Å². The van der Waals surface area contributed by atoms with E-state index in [-0.39, 0.29) is 12.0 Å². The van der Waals surface area contributed by atoms with Crippen LogP contribution in [0.4, 0.5) is 4.79 Å². The van der Waals surface area contributed by atoms with Crippen molar-refractivity contribution in [2.45, 2.75) is 39.2 Å². The van der Waals surface area contributed by atoms with Gasteiger partial charge >= 0.3 is 12.1 Å². The van der Waals surface area contributed by atoms with Gasteiger partial charge in [0.05, 0.1) is 19.8 Å². The summed E-state index contributed by atoms with van der Waals surface area (Å²) < 4.78 is 16.6. The van der Waals surface area contributed by atoms with E-state index in [0.29, 0.717) is 63.5 Å². The van der Waals surface area contributed by atoms with Crippen molar-refractivity contribution in [1.29, 1.82) is 0 Å². The molecule has 188 valence electrons. The highest BCUT2D eigenvalue weighted by Gasteiger charge is 2.27. The summed E-state index contributed by atoms with van der Waals surface area (Å²) in [5.41, 5.74) is 1.97. The molecule has 1 aromatic heterocycles. The number of nitrogens with zero attached hydrogens (tertiary/aromatic N) is 4. The van der Waals surface area contributed by atoms with Gasteiger partial charge in [-0.25, -0.2) is 14.8 Å². The third kappa shape index (κ3) is 6.91. The molecule has 0 spiro atoms. The monoisotopic (exact) mass is 482 g/mol. The Morgan fingerprint density at radius 3 is 2.17 bits per heavy atom. The van der Waals surface area contributed by atoms with Crippen molar-refractivity contribution in [2.75, 3.05) is 46.0 Å². The van der Waals surface area contributed by atoms with Gasteiger partial charge in [-0.3, -0.25) is 4.79 Å². The van der Waals surface area contributed by atoms with E-state index >= 15 is 0 Å². The Morgan fingerprint density at radius 2 is 1.57 bits per heavy atom. The van der Waals surface area contributed by atoms with E-state index in [4.69, 9.17) is 14.2 Å². The molecule has 3 heterocycles. The number of rotatable bonds is 5. The molecule has 2 amide bonds. The summed E-state index contributed by atoms with van der Waals surface area (Å²) in [6.07, 6.45) is 4.91. The van der Waals surface area contributed by atoms with E-state index in [0.717, 1.165) is 24.0 Å². The summed E-state index contributed by atoms with van der Waals surface area (Å²) in [5, 5.41) is 0. The predicted octanol–water partition coefficient (Wildman–Crippen LogP) is 3.64. The van der Waals surface area contributed by atoms with Gasteiger partial charge in [-0.05, 0) is 57.2 Å². The van der Waals surface area contributed by atoms with Crippen LogP contribution in [0, 0.1) is 5.92 Å². The molecule has 2 aromatic rings. The standard InChI is InChI=1S/C26H34N4O5/c1-26(2,3)35-25(32)30-10-8-19(9-11-30)18-34-24-27-16-22(17-28-24)20-4-6-21(7-5-20)23(31)29-12-14-33-15-13-29/h4-7,16-17,19H,8-15,18H2,1-3H3. The highest BCUT2D eigenvalue weighted by molar-refractivity contribution is 5.94. The van der Waals surface area contributed by atoms with Crippen LogP contribution in [0.2, 0.25) is 0 Å². The second-order valence-electron chi connectivity index (χ2n) is 9.96. The van der Waals surface area contributed by atoms with E-state index < -0.39 is 5.60 Å². The topological polar surface area (TPSA) is 94.1 Å². The Bertz CT molecular complexity index is 990. The quantitative estimate of drug-likeness (QED) is 0.642. The lowest BCUT2D eigenvalue weighted by Crippen LogP contribution is -2.42. The van der Waals surface area contributed by atoms with Crippen molar-refractivity contribution in [3.05, 3.63) is 42.2 Å². The minimum absolute atomic E-state index is 0.0248. The summed E-state index contributed by atoms with van der Waals surface area (Å²) in [5.74, 6) is 0.366. The number of likely N-dealkylation sites (tertiary alicyclic amines) is 1. The first-order chi connectivity index (χ1) is 16.8. The van der Waals surface area contributed by atoms with E-state index in [1.807, 2.05) is 49.9 Å². The molecule has 2 aliphatic heterocycles. The van der Waals surface area contributed by atoms with E-state index in [1.165, 1.54) is 0 Å². The van der Waals surface area contributed by atoms with E-state index in [1.54, 1.807) is 17.3 Å². The fourth-order valence-electron chi connectivity index (χ4n) is 4.10. The third-order valence-electron chi connectivity index (χ3n) is 6.11. The zero-order valence-electron chi connectivity index (χ0n) is 20.7. The molecule has 2 aliphatic rings. The molecule has 2 saturated heterocycles. The van der Waals surface area contributed by atoms with Crippen LogP contribution < -0.4 is 4.74 Å². The first-order valence-electron chi connectivity index (χ1n) is 12.2. The summed E-state index contributed by atoms with van der Waals surface area (Å²) in [4.78, 5) is 37.1. The lowest BCUT2D eigenvalue weighted by Gasteiger charge is -2.33. The van der Waals surface area contributed by atoms with Gasteiger partial charge in [0.25, 0.3) is 5.91 Å². The maximum atomic E-state index is 12.6. The van der Waals surface area contributed by atoms with Crippen LogP contribution in [-0.2, 0) is 9.47 Å². The fourth-order valence-corrected chi connectivity index (χ4v) is 4.10. The summed E-state index contributed by atoms with van der Waals surface area (Å²) in [7, 11) is 0. The van der Waals surface area contributed by atoms with Gasteiger partial charge in [0.2, 0.25) is 0 Å². The number of benzene rings is 1. The van der Waals surface area contributed by atoms with Crippen LogP contribution in [0.3, 0.4) is 0 Å². The minimum Gasteiger partial charge on any atom is -0.463 e. The second kappa shape index (κ2) is 11.0. The zero-order chi connectivity index (χ0) is 24.8. The van der Waals surface area contributed by atoms with Gasteiger partial charge in [0, 0.05) is 49.7 Å². The third-order valence-corrected chi connectivity index (χ3v) is 6.11. The van der Waals surface area contributed by atoms with Crippen molar-refractivity contribution in [3.63, 3.8) is 0 Å². The number of morpholine rings is 1. The Kier molecular flexibility index (Phi) is 7.85. The number of carbonyl (C=O) groups is 2. The fraction of sp³-hybridized carbons (Fsp3) is 0.538. The number of hydrogen-bond donors (Lipinski definition) is 0. The van der Waals surface area contributed by atoms with E-state index in [2.05, 4.69) is 9.97 Å². The van der Waals surface area contributed by atoms with Gasteiger partial charge in [0.15, 0.2) is 0 Å². The van der Waals surface area contributed by atoms with Crippen molar-refractivity contribution < 1.29 is 23.8 Å². The number of amides is 2. The zero-order valence-corrected chi connectivity index (χ0v) is 20.7. The van der Waals surface area contributed by atoms with Crippen LogP contribution in [0.15, 0.2) is 36.7 Å². The SMILES string of the molecule is CC(C)(C)OC(=O)N1CCC(COc2ncc(-c3ccc(C(=O)N4CCOCC4)cc3)cn2)CC1. The average Bonchev–Trinajstić information content (AvgIpc) is 2.87. The largest absolute Gasteiger partial charge is 0.463 e. The molecule has 1 aromatic carbocycles. The van der Waals surface area contributed by atoms with Crippen LogP contribution >= 0.6 is 0 Å². The van der Waals surface area contributed by atoms with E-state index in [9.17, 15) is 9.59 Å². The molecule has 2 fully saturated rings. The van der Waals surface area contributed by atoms with Crippen LogP contribution in [0.1, 0.15) is 44.0 Å². The Balaban J connectivity index is 1.24. The molecule has 9 nitrogen and oxygen atoms in total. The molecule has 9 heteroatoms. The number of piperidine rings is 1. The Hall–Kier alpha value is -3.20. The maximum Gasteiger partial charge on any atom is 0.410 e. The summed E-state index contributed by atoms with van der Waals surface area (Å²) >= 11 is 0. The van der Waals surface area contributed by atoms with Gasteiger partial charge in [-0.2, -0.15) is 0 Å². The van der Waals surface area contributed by atoms with Crippen molar-refractivity contribution >= 4 is 12.0 Å². The molecular weight excluding hydrogens is 448 g/mol. The van der Waals surface area contributed by atoms with Gasteiger partial charge in [0.1, 0.15) is 5.60 Å². The molecule has 0 N–H and O–H groups in total. The number of hydrogen-bond acceptors (Lipinski definition) is 7. The van der Waals surface area contributed by atoms with Crippen LogP contribution in [-0.4, -0.2) is 83.4 Å². The Morgan fingerprint density at radius 1 is 0.943 bits per heavy atom. The highest BCUT2D eigenvalue weighted by atomic mass is 16.6. The Labute approximate surface area is 206 Å². The normalized spacial score (nSPS) is 17.2. The number of aromatic nitrogens is 2. The minimum atomic E-state index is -0.483. The maximum absolute atomic E-state index is 12.6.